The molecule has 0 spiro atoms. The molecule has 114 valence electrons. The van der Waals surface area contributed by atoms with Crippen LogP contribution in [0.15, 0.2) is 19.3 Å². The zero-order valence-electron chi connectivity index (χ0n) is 11.7. The summed E-state index contributed by atoms with van der Waals surface area (Å²) >= 11 is 2.63. The Hall–Kier alpha value is -1.55. The number of nitrogens with zero attached hydrogens (tertiary/aromatic N) is 4. The van der Waals surface area contributed by atoms with Crippen LogP contribution in [0.2, 0.25) is 0 Å². The maximum absolute atomic E-state index is 12.1. The van der Waals surface area contributed by atoms with E-state index in [-0.39, 0.29) is 18.9 Å². The molecule has 0 aliphatic carbocycles. The summed E-state index contributed by atoms with van der Waals surface area (Å²) in [4.78, 5) is 12.1. The van der Waals surface area contributed by atoms with Crippen LogP contribution in [0.4, 0.5) is 0 Å². The highest BCUT2D eigenvalue weighted by Crippen LogP contribution is 2.24. The van der Waals surface area contributed by atoms with Gasteiger partial charge in [-0.05, 0) is 19.4 Å². The first kappa shape index (κ1) is 15.8. The second-order valence-electron chi connectivity index (χ2n) is 3.78. The van der Waals surface area contributed by atoms with E-state index in [0.717, 1.165) is 0 Å². The van der Waals surface area contributed by atoms with Crippen molar-refractivity contribution in [3.8, 4) is 0 Å². The molecule has 2 heterocycles. The Morgan fingerprint density at radius 3 is 2.38 bits per heavy atom. The lowest BCUT2D eigenvalue weighted by Crippen LogP contribution is -2.19. The number of carbonyl (C=O) groups is 1. The Labute approximate surface area is 129 Å². The van der Waals surface area contributed by atoms with Crippen LogP contribution in [0.25, 0.3) is 0 Å². The highest BCUT2D eigenvalue weighted by atomic mass is 32.2. The van der Waals surface area contributed by atoms with E-state index in [1.807, 2.05) is 6.26 Å². The summed E-state index contributed by atoms with van der Waals surface area (Å²) in [5.74, 6) is -0.714. The molecule has 21 heavy (non-hydrogen) atoms. The molecular formula is C11H14N4O4S2. The molecule has 0 saturated carbocycles. The summed E-state index contributed by atoms with van der Waals surface area (Å²) in [6, 6.07) is 0. The van der Waals surface area contributed by atoms with Crippen molar-refractivity contribution in [1.29, 1.82) is 0 Å². The summed E-state index contributed by atoms with van der Waals surface area (Å²) in [5, 5.41) is 16.2. The molecule has 2 aromatic rings. The Kier molecular flexibility index (Phi) is 5.62. The molecule has 0 bridgehead atoms. The van der Waals surface area contributed by atoms with E-state index in [4.69, 9.17) is 13.6 Å². The molecule has 0 aromatic carbocycles. The van der Waals surface area contributed by atoms with Crippen LogP contribution < -0.4 is 0 Å². The minimum atomic E-state index is -0.756. The van der Waals surface area contributed by atoms with E-state index in [0.29, 0.717) is 16.3 Å². The van der Waals surface area contributed by atoms with Gasteiger partial charge in [0.1, 0.15) is 5.92 Å². The van der Waals surface area contributed by atoms with E-state index in [1.165, 1.54) is 23.5 Å². The lowest BCUT2D eigenvalue weighted by molar-refractivity contribution is -0.145. The smallest absolute Gasteiger partial charge is 0.318 e. The Bertz CT molecular complexity index is 601. The van der Waals surface area contributed by atoms with Gasteiger partial charge in [0.05, 0.1) is 6.61 Å². The van der Waals surface area contributed by atoms with Crippen LogP contribution in [-0.4, -0.2) is 45.5 Å². The molecule has 0 radical (unpaired) electrons. The van der Waals surface area contributed by atoms with Crippen molar-refractivity contribution in [2.75, 3.05) is 19.1 Å². The second kappa shape index (κ2) is 7.46. The SMILES string of the molecule is CCOC(=O)C(Cc1nnc(SC)o1)c1nnc(SC)o1. The first-order chi connectivity index (χ1) is 10.2. The highest BCUT2D eigenvalue weighted by Gasteiger charge is 2.30. The number of rotatable bonds is 7. The summed E-state index contributed by atoms with van der Waals surface area (Å²) in [6.07, 6.45) is 3.78. The van der Waals surface area contributed by atoms with Crippen LogP contribution >= 0.6 is 23.5 Å². The predicted octanol–water partition coefficient (Wildman–Crippen LogP) is 1.79. The van der Waals surface area contributed by atoms with E-state index >= 15 is 0 Å². The summed E-state index contributed by atoms with van der Waals surface area (Å²) in [6.45, 7) is 1.99. The molecule has 2 aromatic heterocycles. The summed E-state index contributed by atoms with van der Waals surface area (Å²) < 4.78 is 15.8. The molecule has 8 nitrogen and oxygen atoms in total. The van der Waals surface area contributed by atoms with Crippen molar-refractivity contribution in [1.82, 2.24) is 20.4 Å². The highest BCUT2D eigenvalue weighted by molar-refractivity contribution is 7.98. The maximum atomic E-state index is 12.1. The molecule has 0 fully saturated rings. The molecule has 10 heteroatoms. The molecule has 2 rings (SSSR count). The Morgan fingerprint density at radius 1 is 1.14 bits per heavy atom. The van der Waals surface area contributed by atoms with Gasteiger partial charge in [0.15, 0.2) is 0 Å². The molecule has 0 amide bonds. The van der Waals surface area contributed by atoms with Gasteiger partial charge in [0.25, 0.3) is 10.4 Å². The monoisotopic (exact) mass is 330 g/mol. The summed E-state index contributed by atoms with van der Waals surface area (Å²) in [7, 11) is 0. The summed E-state index contributed by atoms with van der Waals surface area (Å²) in [5.41, 5.74) is 0. The third-order valence-electron chi connectivity index (χ3n) is 2.47. The van der Waals surface area contributed by atoms with Gasteiger partial charge in [0.2, 0.25) is 11.8 Å². The van der Waals surface area contributed by atoms with E-state index in [1.54, 1.807) is 13.2 Å². The predicted molar refractivity (Wildman–Crippen MR) is 75.2 cm³/mol. The zero-order chi connectivity index (χ0) is 15.2. The molecule has 0 saturated heterocycles. The fourth-order valence-electron chi connectivity index (χ4n) is 1.54. The number of aromatic nitrogens is 4. The largest absolute Gasteiger partial charge is 0.465 e. The topological polar surface area (TPSA) is 104 Å². The minimum absolute atomic E-state index is 0.155. The third kappa shape index (κ3) is 3.97. The van der Waals surface area contributed by atoms with Crippen LogP contribution in [-0.2, 0) is 16.0 Å². The molecule has 1 atom stereocenters. The molecular weight excluding hydrogens is 316 g/mol. The van der Waals surface area contributed by atoms with Crippen LogP contribution in [0, 0.1) is 0 Å². The van der Waals surface area contributed by atoms with E-state index < -0.39 is 11.9 Å². The Balaban J connectivity index is 2.20. The number of hydrogen-bond acceptors (Lipinski definition) is 10. The van der Waals surface area contributed by atoms with Gasteiger partial charge < -0.3 is 13.6 Å². The average molecular weight is 330 g/mol. The first-order valence-electron chi connectivity index (χ1n) is 6.08. The quantitative estimate of drug-likeness (QED) is 0.551. The van der Waals surface area contributed by atoms with Gasteiger partial charge in [-0.25, -0.2) is 0 Å². The van der Waals surface area contributed by atoms with E-state index in [2.05, 4.69) is 20.4 Å². The van der Waals surface area contributed by atoms with Crippen LogP contribution in [0.3, 0.4) is 0 Å². The lowest BCUT2D eigenvalue weighted by atomic mass is 10.1. The fraction of sp³-hybridized carbons (Fsp3) is 0.545. The zero-order valence-corrected chi connectivity index (χ0v) is 13.4. The van der Waals surface area contributed by atoms with Crippen molar-refractivity contribution in [3.05, 3.63) is 11.8 Å². The van der Waals surface area contributed by atoms with Crippen LogP contribution in [0.1, 0.15) is 24.6 Å². The number of esters is 1. The standard InChI is InChI=1S/C11H14N4O4S2/c1-4-17-9(16)6(8-13-15-11(19-8)21-3)5-7-12-14-10(18-7)20-2/h6H,4-5H2,1-3H3. The van der Waals surface area contributed by atoms with Crippen molar-refractivity contribution in [2.45, 2.75) is 29.7 Å². The average Bonchev–Trinajstić information content (AvgIpc) is 3.13. The first-order valence-corrected chi connectivity index (χ1v) is 8.53. The normalized spacial score (nSPS) is 12.3. The number of hydrogen-bond donors (Lipinski definition) is 0. The van der Waals surface area contributed by atoms with Crippen molar-refractivity contribution in [2.24, 2.45) is 0 Å². The van der Waals surface area contributed by atoms with Crippen LogP contribution in [0.5, 0.6) is 0 Å². The van der Waals surface area contributed by atoms with Crippen molar-refractivity contribution in [3.63, 3.8) is 0 Å². The van der Waals surface area contributed by atoms with Gasteiger partial charge >= 0.3 is 5.97 Å². The lowest BCUT2D eigenvalue weighted by Gasteiger charge is -2.09. The second-order valence-corrected chi connectivity index (χ2v) is 5.30. The van der Waals surface area contributed by atoms with Gasteiger partial charge in [-0.15, -0.1) is 20.4 Å². The number of ether oxygens (including phenoxy) is 1. The third-order valence-corrected chi connectivity index (χ3v) is 3.50. The fourth-order valence-corrected chi connectivity index (χ4v) is 2.13. The van der Waals surface area contributed by atoms with Crippen molar-refractivity contribution < 1.29 is 18.4 Å². The molecule has 0 aliphatic rings. The van der Waals surface area contributed by atoms with Gasteiger partial charge in [-0.1, -0.05) is 23.5 Å². The minimum Gasteiger partial charge on any atom is -0.465 e. The van der Waals surface area contributed by atoms with E-state index in [9.17, 15) is 4.79 Å². The Morgan fingerprint density at radius 2 is 1.81 bits per heavy atom. The van der Waals surface area contributed by atoms with Gasteiger partial charge in [-0.2, -0.15) is 0 Å². The maximum Gasteiger partial charge on any atom is 0.318 e. The molecule has 0 N–H and O–H groups in total. The number of carbonyl (C=O) groups excluding carboxylic acids is 1. The van der Waals surface area contributed by atoms with Gasteiger partial charge in [-0.3, -0.25) is 4.79 Å². The molecule has 0 aliphatic heterocycles. The van der Waals surface area contributed by atoms with Gasteiger partial charge in [0, 0.05) is 6.42 Å². The number of thioether (sulfide) groups is 2. The van der Waals surface area contributed by atoms with Crippen molar-refractivity contribution >= 4 is 29.5 Å². The molecule has 1 unspecified atom stereocenters.